The number of quaternary nitrogens is 1. The molecule has 0 atom stereocenters. The minimum absolute atomic E-state index is 0.242. The summed E-state index contributed by atoms with van der Waals surface area (Å²) in [5.41, 5.74) is 2.67. The first-order valence-electron chi connectivity index (χ1n) is 11.2. The summed E-state index contributed by atoms with van der Waals surface area (Å²) in [6, 6.07) is 31.5. The molecular formula is C27H31N2O2+. The molecule has 4 nitrogen and oxygen atoms in total. The Labute approximate surface area is 185 Å². The summed E-state index contributed by atoms with van der Waals surface area (Å²) in [5.74, 6) is 1.10. The van der Waals surface area contributed by atoms with E-state index in [1.807, 2.05) is 35.2 Å². The number of hydrogen-bond donors (Lipinski definition) is 1. The summed E-state index contributed by atoms with van der Waals surface area (Å²) < 4.78 is 5.72. The molecule has 1 saturated heterocycles. The van der Waals surface area contributed by atoms with E-state index in [1.54, 1.807) is 0 Å². The number of rotatable bonds is 8. The molecule has 0 spiro atoms. The summed E-state index contributed by atoms with van der Waals surface area (Å²) in [6.07, 6.45) is 1.29. The van der Waals surface area contributed by atoms with Gasteiger partial charge in [-0.3, -0.25) is 4.79 Å². The lowest BCUT2D eigenvalue weighted by Crippen LogP contribution is -3.15. The number of nitrogens with one attached hydrogen (secondary N) is 1. The molecule has 4 rings (SSSR count). The molecule has 3 aromatic rings. The zero-order chi connectivity index (χ0) is 21.3. The van der Waals surface area contributed by atoms with Gasteiger partial charge in [0.25, 0.3) is 0 Å². The second-order valence-electron chi connectivity index (χ2n) is 8.06. The molecule has 1 amide bonds. The fraction of sp³-hybridized carbons (Fsp3) is 0.296. The van der Waals surface area contributed by atoms with Crippen LogP contribution in [0, 0.1) is 0 Å². The second kappa shape index (κ2) is 10.8. The van der Waals surface area contributed by atoms with Crippen molar-refractivity contribution in [1.82, 2.24) is 4.90 Å². The van der Waals surface area contributed by atoms with Crippen molar-refractivity contribution in [3.8, 4) is 5.75 Å². The van der Waals surface area contributed by atoms with Crippen LogP contribution in [0.5, 0.6) is 5.75 Å². The SMILES string of the molecule is O=C(CCCOc1ccccc1)N1CC[NH+](C(c2ccccc2)c2ccccc2)CC1. The molecule has 1 aliphatic heterocycles. The predicted molar refractivity (Wildman–Crippen MR) is 123 cm³/mol. The molecular weight excluding hydrogens is 384 g/mol. The summed E-state index contributed by atoms with van der Waals surface area (Å²) in [5, 5.41) is 0. The minimum atomic E-state index is 0.242. The monoisotopic (exact) mass is 415 g/mol. The highest BCUT2D eigenvalue weighted by atomic mass is 16.5. The van der Waals surface area contributed by atoms with Crippen LogP contribution >= 0.6 is 0 Å². The van der Waals surface area contributed by atoms with Crippen LogP contribution in [0.3, 0.4) is 0 Å². The number of hydrogen-bond acceptors (Lipinski definition) is 2. The van der Waals surface area contributed by atoms with Crippen molar-refractivity contribution < 1.29 is 14.4 Å². The number of benzene rings is 3. The van der Waals surface area contributed by atoms with Crippen molar-refractivity contribution in [3.63, 3.8) is 0 Å². The Morgan fingerprint density at radius 2 is 1.32 bits per heavy atom. The van der Waals surface area contributed by atoms with E-state index in [-0.39, 0.29) is 5.91 Å². The number of carbonyl (C=O) groups is 1. The van der Waals surface area contributed by atoms with Crippen LogP contribution in [0.1, 0.15) is 30.0 Å². The van der Waals surface area contributed by atoms with Gasteiger partial charge in [0, 0.05) is 17.5 Å². The molecule has 0 aromatic heterocycles. The van der Waals surface area contributed by atoms with Gasteiger partial charge >= 0.3 is 0 Å². The van der Waals surface area contributed by atoms with E-state index >= 15 is 0 Å². The third kappa shape index (κ3) is 5.74. The van der Waals surface area contributed by atoms with E-state index in [1.165, 1.54) is 16.0 Å². The first kappa shape index (κ1) is 21.1. The van der Waals surface area contributed by atoms with Crippen molar-refractivity contribution in [2.45, 2.75) is 18.9 Å². The lowest BCUT2D eigenvalue weighted by atomic mass is 9.96. The van der Waals surface area contributed by atoms with Gasteiger partial charge in [-0.1, -0.05) is 78.9 Å². The average Bonchev–Trinajstić information content (AvgIpc) is 2.84. The molecule has 0 aliphatic carbocycles. The Hall–Kier alpha value is -3.11. The number of nitrogens with zero attached hydrogens (tertiary/aromatic N) is 1. The maximum Gasteiger partial charge on any atom is 0.223 e. The molecule has 0 bridgehead atoms. The van der Waals surface area contributed by atoms with Crippen LogP contribution in [0.25, 0.3) is 0 Å². The van der Waals surface area contributed by atoms with Gasteiger partial charge in [-0.15, -0.1) is 0 Å². The Morgan fingerprint density at radius 1 is 0.806 bits per heavy atom. The van der Waals surface area contributed by atoms with Gasteiger partial charge in [0.2, 0.25) is 5.91 Å². The van der Waals surface area contributed by atoms with Crippen LogP contribution in [0.4, 0.5) is 0 Å². The molecule has 3 aromatic carbocycles. The Balaban J connectivity index is 1.30. The van der Waals surface area contributed by atoms with Crippen LogP contribution in [0.2, 0.25) is 0 Å². The smallest absolute Gasteiger partial charge is 0.223 e. The van der Waals surface area contributed by atoms with Crippen LogP contribution in [-0.2, 0) is 4.79 Å². The fourth-order valence-corrected chi connectivity index (χ4v) is 4.38. The van der Waals surface area contributed by atoms with Gasteiger partial charge in [0.15, 0.2) is 0 Å². The molecule has 160 valence electrons. The van der Waals surface area contributed by atoms with Gasteiger partial charge in [0.1, 0.15) is 11.8 Å². The Kier molecular flexibility index (Phi) is 7.35. The Morgan fingerprint density at radius 3 is 1.87 bits per heavy atom. The van der Waals surface area contributed by atoms with Gasteiger partial charge in [0.05, 0.1) is 32.8 Å². The highest BCUT2D eigenvalue weighted by Gasteiger charge is 2.31. The maximum atomic E-state index is 12.7. The number of piperazine rings is 1. The predicted octanol–water partition coefficient (Wildman–Crippen LogP) is 3.36. The van der Waals surface area contributed by atoms with E-state index in [0.717, 1.165) is 38.3 Å². The molecule has 31 heavy (non-hydrogen) atoms. The van der Waals surface area contributed by atoms with Crippen LogP contribution in [-0.4, -0.2) is 43.6 Å². The van der Waals surface area contributed by atoms with Crippen molar-refractivity contribution >= 4 is 5.91 Å². The highest BCUT2D eigenvalue weighted by molar-refractivity contribution is 5.76. The zero-order valence-corrected chi connectivity index (χ0v) is 18.0. The minimum Gasteiger partial charge on any atom is -0.494 e. The molecule has 1 N–H and O–H groups in total. The average molecular weight is 416 g/mol. The van der Waals surface area contributed by atoms with Gasteiger partial charge in [-0.25, -0.2) is 0 Å². The maximum absolute atomic E-state index is 12.7. The third-order valence-electron chi connectivity index (χ3n) is 5.98. The van der Waals surface area contributed by atoms with Gasteiger partial charge in [-0.2, -0.15) is 0 Å². The van der Waals surface area contributed by atoms with Crippen molar-refractivity contribution in [3.05, 3.63) is 102 Å². The quantitative estimate of drug-likeness (QED) is 0.573. The highest BCUT2D eigenvalue weighted by Crippen LogP contribution is 2.19. The summed E-state index contributed by atoms with van der Waals surface area (Å²) >= 11 is 0. The molecule has 1 heterocycles. The first-order valence-corrected chi connectivity index (χ1v) is 11.2. The largest absolute Gasteiger partial charge is 0.494 e. The van der Waals surface area contributed by atoms with Crippen LogP contribution in [0.15, 0.2) is 91.0 Å². The second-order valence-corrected chi connectivity index (χ2v) is 8.06. The normalized spacial score (nSPS) is 14.5. The number of carbonyl (C=O) groups excluding carboxylic acids is 1. The molecule has 4 heteroatoms. The molecule has 0 radical (unpaired) electrons. The molecule has 0 unspecified atom stereocenters. The lowest BCUT2D eigenvalue weighted by Gasteiger charge is -2.37. The van der Waals surface area contributed by atoms with Crippen molar-refractivity contribution in [2.24, 2.45) is 0 Å². The van der Waals surface area contributed by atoms with E-state index in [0.29, 0.717) is 19.1 Å². The van der Waals surface area contributed by atoms with Gasteiger partial charge < -0.3 is 14.5 Å². The summed E-state index contributed by atoms with van der Waals surface area (Å²) in [4.78, 5) is 16.2. The van der Waals surface area contributed by atoms with E-state index in [9.17, 15) is 4.79 Å². The van der Waals surface area contributed by atoms with Crippen molar-refractivity contribution in [2.75, 3.05) is 32.8 Å². The van der Waals surface area contributed by atoms with Crippen LogP contribution < -0.4 is 9.64 Å². The Bertz CT molecular complexity index is 884. The number of amides is 1. The first-order chi connectivity index (χ1) is 15.3. The van der Waals surface area contributed by atoms with E-state index < -0.39 is 0 Å². The third-order valence-corrected chi connectivity index (χ3v) is 5.98. The van der Waals surface area contributed by atoms with E-state index in [4.69, 9.17) is 4.74 Å². The summed E-state index contributed by atoms with van der Waals surface area (Å²) in [7, 11) is 0. The molecule has 1 aliphatic rings. The number of ether oxygens (including phenoxy) is 1. The molecule has 0 saturated carbocycles. The fourth-order valence-electron chi connectivity index (χ4n) is 4.38. The van der Waals surface area contributed by atoms with Gasteiger partial charge in [-0.05, 0) is 18.6 Å². The standard InChI is InChI=1S/C27H30N2O2/c30-26(17-10-22-31-25-15-8-3-9-16-25)28-18-20-29(21-19-28)27(23-11-4-1-5-12-23)24-13-6-2-7-14-24/h1-9,11-16,27H,10,17-22H2/p+1. The number of para-hydroxylation sites is 1. The summed E-state index contributed by atoms with van der Waals surface area (Å²) in [6.45, 7) is 4.11. The van der Waals surface area contributed by atoms with E-state index in [2.05, 4.69) is 60.7 Å². The van der Waals surface area contributed by atoms with Crippen molar-refractivity contribution in [1.29, 1.82) is 0 Å². The topological polar surface area (TPSA) is 34.0 Å². The lowest BCUT2D eigenvalue weighted by molar-refractivity contribution is -0.929. The molecule has 1 fully saturated rings. The zero-order valence-electron chi connectivity index (χ0n) is 18.0.